The Bertz CT molecular complexity index is 832. The first-order valence-electron chi connectivity index (χ1n) is 9.53. The zero-order chi connectivity index (χ0) is 21.2. The molecule has 1 amide bonds. The highest BCUT2D eigenvalue weighted by Crippen LogP contribution is 2.27. The molecule has 29 heavy (non-hydrogen) atoms. The Kier molecular flexibility index (Phi) is 8.33. The number of hydrogen-bond donors (Lipinski definition) is 2. The molecule has 0 atom stereocenters. The predicted octanol–water partition coefficient (Wildman–Crippen LogP) is 2.66. The summed E-state index contributed by atoms with van der Waals surface area (Å²) in [5.41, 5.74) is 2.79. The van der Waals surface area contributed by atoms with Crippen molar-refractivity contribution >= 4 is 11.9 Å². The molecule has 0 aromatic heterocycles. The van der Waals surface area contributed by atoms with Crippen molar-refractivity contribution in [2.75, 3.05) is 34.9 Å². The average Bonchev–Trinajstić information content (AvgIpc) is 2.74. The lowest BCUT2D eigenvalue weighted by Gasteiger charge is -2.14. The zero-order valence-electron chi connectivity index (χ0n) is 17.8. The minimum Gasteiger partial charge on any atom is -0.493 e. The number of rotatable bonds is 8. The number of amides is 1. The van der Waals surface area contributed by atoms with Gasteiger partial charge in [0, 0.05) is 39.8 Å². The molecule has 0 fully saturated rings. The number of ether oxygens (including phenoxy) is 2. The van der Waals surface area contributed by atoms with Crippen molar-refractivity contribution in [3.05, 3.63) is 59.2 Å². The monoisotopic (exact) mass is 398 g/mol. The highest BCUT2D eigenvalue weighted by atomic mass is 16.5. The van der Waals surface area contributed by atoms with Gasteiger partial charge in [-0.25, -0.2) is 0 Å². The first-order chi connectivity index (χ1) is 14.0. The van der Waals surface area contributed by atoms with Crippen LogP contribution in [0.4, 0.5) is 0 Å². The molecule has 2 N–H and O–H groups in total. The molecule has 0 spiro atoms. The molecule has 0 radical (unpaired) electrons. The second-order valence-electron chi connectivity index (χ2n) is 6.59. The van der Waals surface area contributed by atoms with Gasteiger partial charge in [0.2, 0.25) is 0 Å². The smallest absolute Gasteiger partial charge is 0.253 e. The molecule has 2 aromatic rings. The van der Waals surface area contributed by atoms with Crippen LogP contribution in [0.25, 0.3) is 0 Å². The third kappa shape index (κ3) is 6.41. The Hall–Kier alpha value is -3.22. The molecule has 0 aliphatic rings. The van der Waals surface area contributed by atoms with Gasteiger partial charge in [0.15, 0.2) is 17.5 Å². The fraction of sp³-hybridized carbons (Fsp3) is 0.364. The summed E-state index contributed by atoms with van der Waals surface area (Å²) in [7, 11) is 6.85. The van der Waals surface area contributed by atoms with Crippen LogP contribution in [-0.2, 0) is 13.1 Å². The van der Waals surface area contributed by atoms with Crippen molar-refractivity contribution < 1.29 is 14.3 Å². The molecule has 0 aliphatic carbocycles. The molecule has 0 saturated carbocycles. The quantitative estimate of drug-likeness (QED) is 0.528. The number of nitrogens with one attached hydrogen (secondary N) is 2. The molecule has 0 unspecified atom stereocenters. The highest BCUT2D eigenvalue weighted by Gasteiger charge is 2.08. The first kappa shape index (κ1) is 22.1. The number of nitrogens with zero attached hydrogens (tertiary/aromatic N) is 2. The summed E-state index contributed by atoms with van der Waals surface area (Å²) >= 11 is 0. The Labute approximate surface area is 172 Å². The Balaban J connectivity index is 1.90. The lowest BCUT2D eigenvalue weighted by Crippen LogP contribution is -2.36. The average molecular weight is 399 g/mol. The number of carbonyl (C=O) groups excluding carboxylic acids is 1. The number of methoxy groups -OCH3 is 1. The fourth-order valence-electron chi connectivity index (χ4n) is 2.71. The van der Waals surface area contributed by atoms with E-state index in [1.165, 1.54) is 0 Å². The molecule has 156 valence electrons. The second kappa shape index (κ2) is 10.9. The summed E-state index contributed by atoms with van der Waals surface area (Å²) in [5, 5.41) is 6.56. The van der Waals surface area contributed by atoms with E-state index in [0.29, 0.717) is 37.0 Å². The number of aliphatic imine (C=N–C) groups is 1. The molecule has 2 rings (SSSR count). The van der Waals surface area contributed by atoms with Crippen LogP contribution >= 0.6 is 0 Å². The van der Waals surface area contributed by atoms with Crippen molar-refractivity contribution in [3.63, 3.8) is 0 Å². The molecule has 0 aliphatic heterocycles. The van der Waals surface area contributed by atoms with Crippen molar-refractivity contribution in [1.82, 2.24) is 15.5 Å². The summed E-state index contributed by atoms with van der Waals surface area (Å²) in [6.45, 7) is 3.73. The van der Waals surface area contributed by atoms with Gasteiger partial charge >= 0.3 is 0 Å². The van der Waals surface area contributed by atoms with Crippen molar-refractivity contribution in [1.29, 1.82) is 0 Å². The van der Waals surface area contributed by atoms with Gasteiger partial charge in [0.25, 0.3) is 5.91 Å². The summed E-state index contributed by atoms with van der Waals surface area (Å²) < 4.78 is 10.9. The lowest BCUT2D eigenvalue weighted by atomic mass is 10.1. The molecule has 0 saturated heterocycles. The molecule has 0 bridgehead atoms. The zero-order valence-corrected chi connectivity index (χ0v) is 17.8. The lowest BCUT2D eigenvalue weighted by molar-refractivity contribution is 0.0827. The minimum atomic E-state index is -0.00670. The van der Waals surface area contributed by atoms with Gasteiger partial charge in [0.05, 0.1) is 13.7 Å². The van der Waals surface area contributed by atoms with Crippen LogP contribution in [-0.4, -0.2) is 51.6 Å². The van der Waals surface area contributed by atoms with E-state index >= 15 is 0 Å². The molecular weight excluding hydrogens is 368 g/mol. The maximum absolute atomic E-state index is 12.0. The van der Waals surface area contributed by atoms with Gasteiger partial charge in [-0.15, -0.1) is 0 Å². The molecule has 0 heterocycles. The largest absolute Gasteiger partial charge is 0.493 e. The maximum atomic E-state index is 12.0. The van der Waals surface area contributed by atoms with Gasteiger partial charge in [-0.05, 0) is 42.3 Å². The molecule has 2 aromatic carbocycles. The van der Waals surface area contributed by atoms with Crippen molar-refractivity contribution in [3.8, 4) is 11.5 Å². The van der Waals surface area contributed by atoms with Crippen LogP contribution < -0.4 is 20.1 Å². The standard InChI is InChI=1S/C22H30N4O3/c1-6-29-19-12-9-17(13-20(19)28-5)15-25-22(23-2)24-14-16-7-10-18(11-8-16)21(27)26(3)4/h7-13H,6,14-15H2,1-5H3,(H2,23,24,25). The van der Waals surface area contributed by atoms with Crippen molar-refractivity contribution in [2.45, 2.75) is 20.0 Å². The SMILES string of the molecule is CCOc1ccc(CNC(=NC)NCc2ccc(C(=O)N(C)C)cc2)cc1OC. The molecular formula is C22H30N4O3. The van der Waals surface area contributed by atoms with Crippen molar-refractivity contribution in [2.24, 2.45) is 4.99 Å². The van der Waals surface area contributed by atoms with Crippen LogP contribution in [0.15, 0.2) is 47.5 Å². The van der Waals surface area contributed by atoms with E-state index in [1.54, 1.807) is 33.2 Å². The van der Waals surface area contributed by atoms with Gasteiger partial charge in [0.1, 0.15) is 0 Å². The summed E-state index contributed by atoms with van der Waals surface area (Å²) in [6, 6.07) is 13.4. The fourth-order valence-corrected chi connectivity index (χ4v) is 2.71. The second-order valence-corrected chi connectivity index (χ2v) is 6.59. The normalized spacial score (nSPS) is 11.0. The van der Waals surface area contributed by atoms with Crippen LogP contribution in [0, 0.1) is 0 Å². The van der Waals surface area contributed by atoms with Gasteiger partial charge < -0.3 is 25.0 Å². The summed E-state index contributed by atoms with van der Waals surface area (Å²) in [5.74, 6) is 2.12. The van der Waals surface area contributed by atoms with E-state index in [2.05, 4.69) is 15.6 Å². The Morgan fingerprint density at radius 3 is 2.17 bits per heavy atom. The first-order valence-corrected chi connectivity index (χ1v) is 9.53. The van der Waals surface area contributed by atoms with E-state index in [4.69, 9.17) is 9.47 Å². The van der Waals surface area contributed by atoms with Crippen LogP contribution in [0.2, 0.25) is 0 Å². The topological polar surface area (TPSA) is 75.2 Å². The van der Waals surface area contributed by atoms with Gasteiger partial charge in [-0.1, -0.05) is 18.2 Å². The number of hydrogen-bond acceptors (Lipinski definition) is 4. The highest BCUT2D eigenvalue weighted by molar-refractivity contribution is 5.93. The van der Waals surface area contributed by atoms with E-state index in [9.17, 15) is 4.79 Å². The van der Waals surface area contributed by atoms with E-state index in [0.717, 1.165) is 16.9 Å². The van der Waals surface area contributed by atoms with Crippen LogP contribution in [0.3, 0.4) is 0 Å². The minimum absolute atomic E-state index is 0.00670. The molecule has 7 heteroatoms. The summed E-state index contributed by atoms with van der Waals surface area (Å²) in [4.78, 5) is 17.8. The van der Waals surface area contributed by atoms with E-state index in [-0.39, 0.29) is 5.91 Å². The van der Waals surface area contributed by atoms with Gasteiger partial charge in [-0.2, -0.15) is 0 Å². The maximum Gasteiger partial charge on any atom is 0.253 e. The van der Waals surface area contributed by atoms with Gasteiger partial charge in [-0.3, -0.25) is 9.79 Å². The number of benzene rings is 2. The van der Waals surface area contributed by atoms with E-state index in [1.807, 2.05) is 49.4 Å². The van der Waals surface area contributed by atoms with Crippen LogP contribution in [0.1, 0.15) is 28.4 Å². The summed E-state index contributed by atoms with van der Waals surface area (Å²) in [6.07, 6.45) is 0. The number of guanidine groups is 1. The molecule has 7 nitrogen and oxygen atoms in total. The Morgan fingerprint density at radius 1 is 1.00 bits per heavy atom. The third-order valence-corrected chi connectivity index (χ3v) is 4.28. The van der Waals surface area contributed by atoms with E-state index < -0.39 is 0 Å². The third-order valence-electron chi connectivity index (χ3n) is 4.28. The Morgan fingerprint density at radius 2 is 1.62 bits per heavy atom. The van der Waals surface area contributed by atoms with Crippen LogP contribution in [0.5, 0.6) is 11.5 Å². The predicted molar refractivity (Wildman–Crippen MR) is 116 cm³/mol. The number of carbonyl (C=O) groups is 1.